The maximum Gasteiger partial charge on any atom is 0.407 e. The first-order valence-corrected chi connectivity index (χ1v) is 49.8. The van der Waals surface area contributed by atoms with Crippen molar-refractivity contribution in [1.82, 2.24) is 10.0 Å². The van der Waals surface area contributed by atoms with E-state index in [1.54, 1.807) is 39.0 Å². The molecule has 17 rings (SSSR count). The average Bonchev–Trinajstić information content (AvgIpc) is 0.806. The molecule has 0 radical (unpaired) electrons. The summed E-state index contributed by atoms with van der Waals surface area (Å²) in [5, 5.41) is 5.89. The van der Waals surface area contributed by atoms with Crippen molar-refractivity contribution in [3.05, 3.63) is 478 Å². The van der Waals surface area contributed by atoms with E-state index in [0.717, 1.165) is 79.6 Å². The lowest BCUT2D eigenvalue weighted by molar-refractivity contribution is 0.0482. The van der Waals surface area contributed by atoms with Crippen LogP contribution in [0.5, 0.6) is 80.5 Å². The number of sulfonamides is 1. The van der Waals surface area contributed by atoms with Crippen molar-refractivity contribution in [2.24, 2.45) is 0 Å². The van der Waals surface area contributed by atoms with Crippen molar-refractivity contribution in [1.29, 1.82) is 0 Å². The number of carbonyl (C=O) groups excluding carboxylic acids is 2. The van der Waals surface area contributed by atoms with Crippen LogP contribution in [0, 0.1) is 0 Å². The molecule has 0 aromatic heterocycles. The van der Waals surface area contributed by atoms with Crippen LogP contribution in [0.2, 0.25) is 0 Å². The number of benzene rings is 16. The summed E-state index contributed by atoms with van der Waals surface area (Å²) in [5.41, 5.74) is 11.8. The van der Waals surface area contributed by atoms with Gasteiger partial charge in [-0.15, -0.1) is 0 Å². The van der Waals surface area contributed by atoms with Gasteiger partial charge in [0.1, 0.15) is 179 Å². The Kier molecular flexibility index (Phi) is 34.6. The molecule has 738 valence electrons. The molecule has 16 aromatic carbocycles. The lowest BCUT2D eigenvalue weighted by atomic mass is 9.91. The largest absolute Gasteiger partial charge is 0.489 e. The first-order chi connectivity index (χ1) is 70.8. The van der Waals surface area contributed by atoms with Crippen molar-refractivity contribution < 1.29 is 89.1 Å². The number of carbonyl (C=O) groups is 2. The fraction of sp³-hybridized carbons (Fsp3) is 0.197. The second-order valence-electron chi connectivity index (χ2n) is 36.2. The molecule has 16 aromatic rings. The van der Waals surface area contributed by atoms with Crippen LogP contribution in [0.25, 0.3) is 0 Å². The molecule has 22 nitrogen and oxygen atoms in total. The van der Waals surface area contributed by atoms with Crippen molar-refractivity contribution in [2.75, 3.05) is 5.32 Å². The third kappa shape index (κ3) is 31.9. The molecule has 1 fully saturated rings. The molecule has 2 amide bonds. The Morgan fingerprint density at radius 1 is 0.248 bits per heavy atom. The number of amides is 2. The predicted molar refractivity (Wildman–Crippen MR) is 557 cm³/mol. The smallest absolute Gasteiger partial charge is 0.407 e. The van der Waals surface area contributed by atoms with Gasteiger partial charge in [-0.05, 0) is 221 Å². The van der Waals surface area contributed by atoms with Crippen LogP contribution in [0.3, 0.4) is 0 Å². The van der Waals surface area contributed by atoms with Gasteiger partial charge in [-0.25, -0.2) is 17.9 Å². The van der Waals surface area contributed by atoms with Crippen LogP contribution >= 0.6 is 0 Å². The van der Waals surface area contributed by atoms with Crippen LogP contribution in [0.15, 0.2) is 399 Å². The first-order valence-electron chi connectivity index (χ1n) is 48.4. The monoisotopic (exact) mass is 1960 g/mol. The van der Waals surface area contributed by atoms with Crippen LogP contribution in [0.4, 0.5) is 10.5 Å². The maximum absolute atomic E-state index is 15.2. The summed E-state index contributed by atoms with van der Waals surface area (Å²) in [5.74, 6) is 6.23. The summed E-state index contributed by atoms with van der Waals surface area (Å²) >= 11 is 0. The fourth-order valence-electron chi connectivity index (χ4n) is 16.2. The summed E-state index contributed by atoms with van der Waals surface area (Å²) in [4.78, 5) is 28.2. The summed E-state index contributed by atoms with van der Waals surface area (Å²) in [6, 6.07) is 123. The van der Waals surface area contributed by atoms with Gasteiger partial charge >= 0.3 is 6.09 Å². The SMILES string of the molecule is CC(C)(C)OC(=O)N[C@@H]1CCCC[C@H]1NS(=O)(=O)c1ccc(NC(=O)c2cc(OCc3cc(OCc4cc(OCc5ccccc5)cc(OCc5ccccc5)c4)cc(OCc4cc(OCc5ccccc5)cc(OCc5ccccc5)c4)c3)cc(OCc3cc(OCc4cc(OCc5ccccc5)cc(OCc5ccccc5)c4)cc(OCc4cc(OCc5ccccc5)cc(OCc5ccccc5)c4)c3)c2)cc1. The predicted octanol–water partition coefficient (Wildman–Crippen LogP) is 26.2. The molecular weight excluding hydrogens is 1840 g/mol. The van der Waals surface area contributed by atoms with Gasteiger partial charge in [0.05, 0.1) is 4.90 Å². The average molecular weight is 1960 g/mol. The van der Waals surface area contributed by atoms with E-state index in [4.69, 9.17) is 71.1 Å². The van der Waals surface area contributed by atoms with Crippen LogP contribution in [-0.2, 0) is 107 Å². The van der Waals surface area contributed by atoms with Crippen molar-refractivity contribution in [3.8, 4) is 80.5 Å². The van der Waals surface area contributed by atoms with Gasteiger partial charge in [0.25, 0.3) is 5.91 Å². The van der Waals surface area contributed by atoms with Gasteiger partial charge in [0.2, 0.25) is 10.0 Å². The topological polar surface area (TPSA) is 243 Å². The standard InChI is InChI=1S/C122H115N3O19S/c1-122(2,3)144-121(127)124-118-46-28-29-47-119(118)125-145(128,129)117-50-48-102(49-51-117)123-120(126)101-64-115(142-85-99-60-111(138-81-95-52-103(130-73-87-30-12-4-13-31-87)66-104(53-95)131-74-88-32-14-5-15-33-88)70-112(61-99)139-82-96-54-105(132-75-89-34-16-6-17-35-89)67-106(55-96)133-76-90-36-18-7-19-37-90)72-116(65-101)143-86-100-62-113(140-83-97-56-107(134-77-91-38-20-8-21-39-91)68-108(57-97)135-78-92-40-22-9-23-41-92)71-114(63-100)141-84-98-58-109(136-79-93-42-24-10-25-43-93)69-110(59-98)137-80-94-44-26-11-27-45-94/h4-27,30-45,48-72,118-119,125H,28-29,46-47,73-86H2,1-3H3,(H,123,126)(H,124,127)/t118-,119-/m1/s1. The summed E-state index contributed by atoms with van der Waals surface area (Å²) < 4.78 is 130. The highest BCUT2D eigenvalue weighted by atomic mass is 32.2. The molecule has 3 N–H and O–H groups in total. The number of hydrogen-bond acceptors (Lipinski definition) is 19. The van der Waals surface area contributed by atoms with Crippen LogP contribution < -0.4 is 81.7 Å². The Labute approximate surface area is 846 Å². The Bertz CT molecular complexity index is 6090. The van der Waals surface area contributed by atoms with E-state index < -0.39 is 39.7 Å². The summed E-state index contributed by atoms with van der Waals surface area (Å²) in [6.07, 6.45) is 1.96. The highest BCUT2D eigenvalue weighted by Gasteiger charge is 2.33. The lowest BCUT2D eigenvalue weighted by Crippen LogP contribution is -2.53. The molecule has 0 bridgehead atoms. The van der Waals surface area contributed by atoms with Gasteiger partial charge in [-0.1, -0.05) is 255 Å². The third-order valence-electron chi connectivity index (χ3n) is 23.4. The van der Waals surface area contributed by atoms with Crippen LogP contribution in [0.1, 0.15) is 135 Å². The fourth-order valence-corrected chi connectivity index (χ4v) is 17.5. The Morgan fingerprint density at radius 2 is 0.441 bits per heavy atom. The van der Waals surface area contributed by atoms with Gasteiger partial charge in [0.15, 0.2) is 0 Å². The molecule has 0 saturated heterocycles. The molecule has 0 spiro atoms. The van der Waals surface area contributed by atoms with E-state index in [1.807, 2.05) is 352 Å². The molecule has 2 atom stereocenters. The second kappa shape index (κ2) is 50.2. The van der Waals surface area contributed by atoms with Crippen molar-refractivity contribution in [2.45, 2.75) is 162 Å². The molecule has 1 aliphatic carbocycles. The zero-order valence-corrected chi connectivity index (χ0v) is 81.9. The van der Waals surface area contributed by atoms with Gasteiger partial charge in [0, 0.05) is 65.8 Å². The highest BCUT2D eigenvalue weighted by molar-refractivity contribution is 7.89. The van der Waals surface area contributed by atoms with Crippen molar-refractivity contribution in [3.63, 3.8) is 0 Å². The quantitative estimate of drug-likeness (QED) is 0.0321. The van der Waals surface area contributed by atoms with E-state index >= 15 is 4.79 Å². The maximum atomic E-state index is 15.2. The number of anilines is 1. The molecule has 23 heteroatoms. The number of nitrogens with one attached hydrogen (secondary N) is 3. The second-order valence-corrected chi connectivity index (χ2v) is 38.0. The highest BCUT2D eigenvalue weighted by Crippen LogP contribution is 2.37. The number of ether oxygens (including phenoxy) is 15. The molecule has 0 aliphatic heterocycles. The zero-order valence-electron chi connectivity index (χ0n) is 81.1. The normalized spacial score (nSPS) is 12.8. The minimum atomic E-state index is -4.16. The lowest BCUT2D eigenvalue weighted by Gasteiger charge is -2.33. The van der Waals surface area contributed by atoms with E-state index in [2.05, 4.69) is 15.4 Å². The van der Waals surface area contributed by atoms with Crippen LogP contribution in [-0.4, -0.2) is 38.1 Å². The van der Waals surface area contributed by atoms with Crippen molar-refractivity contribution >= 4 is 27.7 Å². The molecule has 1 aliphatic rings. The van der Waals surface area contributed by atoms with E-state index in [-0.39, 0.29) is 67.3 Å². The van der Waals surface area contributed by atoms with Gasteiger partial charge in [-0.2, -0.15) is 0 Å². The number of rotatable bonds is 48. The molecule has 145 heavy (non-hydrogen) atoms. The third-order valence-corrected chi connectivity index (χ3v) is 24.9. The summed E-state index contributed by atoms with van der Waals surface area (Å²) in [7, 11) is -4.16. The van der Waals surface area contributed by atoms with Gasteiger partial charge < -0.3 is 81.7 Å². The van der Waals surface area contributed by atoms with E-state index in [0.29, 0.717) is 146 Å². The van der Waals surface area contributed by atoms with E-state index in [9.17, 15) is 13.2 Å². The molecule has 0 heterocycles. The molecular formula is C122H115N3O19S. The molecule has 0 unspecified atom stereocenters. The Balaban J connectivity index is 0.696. The Morgan fingerprint density at radius 3 is 0.648 bits per heavy atom. The minimum Gasteiger partial charge on any atom is -0.489 e. The number of alkyl carbamates (subject to hydrolysis) is 1. The first kappa shape index (κ1) is 99.9. The van der Waals surface area contributed by atoms with E-state index in [1.165, 1.54) is 24.3 Å². The molecule has 1 saturated carbocycles. The minimum absolute atomic E-state index is 0.0503. The zero-order chi connectivity index (χ0) is 99.6. The Hall–Kier alpha value is -16.6. The van der Waals surface area contributed by atoms with Gasteiger partial charge in [-0.3, -0.25) is 4.79 Å². The number of hydrogen-bond donors (Lipinski definition) is 3. The summed E-state index contributed by atoms with van der Waals surface area (Å²) in [6.45, 7) is 7.88.